The molecule has 0 radical (unpaired) electrons. The molecule has 1 aromatic carbocycles. The zero-order chi connectivity index (χ0) is 15.0. The Morgan fingerprint density at radius 3 is 2.50 bits per heavy atom. The maximum absolute atomic E-state index is 13.0. The molecule has 1 atom stereocenters. The summed E-state index contributed by atoms with van der Waals surface area (Å²) in [7, 11) is -8.69. The average molecular weight is 321 g/mol. The van der Waals surface area contributed by atoms with Crippen LogP contribution in [0.2, 0.25) is 0 Å². The first kappa shape index (κ1) is 15.4. The van der Waals surface area contributed by atoms with Gasteiger partial charge in [0.15, 0.2) is 0 Å². The Hall–Kier alpha value is -0.990. The number of rotatable bonds is 4. The molecule has 0 aliphatic carbocycles. The highest BCUT2D eigenvalue weighted by Crippen LogP contribution is 2.28. The normalized spacial score (nSPS) is 21.2. The summed E-state index contributed by atoms with van der Waals surface area (Å²) in [6.45, 7) is 2.31. The van der Waals surface area contributed by atoms with E-state index in [2.05, 4.69) is 0 Å². The van der Waals surface area contributed by atoms with E-state index in [-0.39, 0.29) is 10.9 Å². The molecule has 0 N–H and O–H groups in total. The summed E-state index contributed by atoms with van der Waals surface area (Å²) in [6, 6.07) is 4.35. The van der Waals surface area contributed by atoms with Gasteiger partial charge in [0.25, 0.3) is 0 Å². The molecule has 0 spiro atoms. The van der Waals surface area contributed by atoms with Gasteiger partial charge in [-0.2, -0.15) is 12.7 Å². The van der Waals surface area contributed by atoms with Gasteiger partial charge in [-0.25, -0.2) is 8.42 Å². The van der Waals surface area contributed by atoms with Crippen molar-refractivity contribution < 1.29 is 20.7 Å². The SMILES string of the molecule is CCC1CCCN1S(=O)(=O)c1cccc(S(=O)(=O)F)c1. The Labute approximate surface area is 118 Å². The zero-order valence-electron chi connectivity index (χ0n) is 11.0. The molecule has 0 amide bonds. The topological polar surface area (TPSA) is 71.5 Å². The van der Waals surface area contributed by atoms with Crippen LogP contribution in [0, 0.1) is 0 Å². The Morgan fingerprint density at radius 2 is 1.90 bits per heavy atom. The third-order valence-electron chi connectivity index (χ3n) is 3.49. The molecular formula is C12H16FNO4S2. The van der Waals surface area contributed by atoms with Crippen LogP contribution in [-0.2, 0) is 20.2 Å². The average Bonchev–Trinajstić information content (AvgIpc) is 2.87. The minimum Gasteiger partial charge on any atom is -0.207 e. The zero-order valence-corrected chi connectivity index (χ0v) is 12.6. The molecule has 20 heavy (non-hydrogen) atoms. The summed E-state index contributed by atoms with van der Waals surface area (Å²) in [5.41, 5.74) is 0. The summed E-state index contributed by atoms with van der Waals surface area (Å²) in [6.07, 6.45) is 2.26. The van der Waals surface area contributed by atoms with Gasteiger partial charge in [0.2, 0.25) is 10.0 Å². The molecule has 1 fully saturated rings. The lowest BCUT2D eigenvalue weighted by molar-refractivity contribution is 0.379. The number of nitrogens with zero attached hydrogens (tertiary/aromatic N) is 1. The minimum atomic E-state index is -4.91. The second kappa shape index (κ2) is 5.42. The Morgan fingerprint density at radius 1 is 1.25 bits per heavy atom. The quantitative estimate of drug-likeness (QED) is 0.794. The van der Waals surface area contributed by atoms with E-state index >= 15 is 0 Å². The molecule has 1 heterocycles. The van der Waals surface area contributed by atoms with Gasteiger partial charge in [-0.15, -0.1) is 3.89 Å². The molecule has 1 aromatic rings. The standard InChI is InChI=1S/C12H16FNO4S2/c1-2-10-5-4-8-14(10)20(17,18)12-7-3-6-11(9-12)19(13,15)16/h3,6-7,9-10H,2,4-5,8H2,1H3. The van der Waals surface area contributed by atoms with Crippen molar-refractivity contribution >= 4 is 20.2 Å². The summed E-state index contributed by atoms with van der Waals surface area (Å²) in [5, 5.41) is 0. The second-order valence-electron chi connectivity index (χ2n) is 4.73. The molecule has 1 unspecified atom stereocenters. The summed E-state index contributed by atoms with van der Waals surface area (Å²) in [4.78, 5) is -0.817. The molecule has 2 rings (SSSR count). The Bertz CT molecular complexity index is 700. The highest BCUT2D eigenvalue weighted by Gasteiger charge is 2.34. The van der Waals surface area contributed by atoms with Crippen LogP contribution in [-0.4, -0.2) is 33.7 Å². The van der Waals surface area contributed by atoms with Crippen molar-refractivity contribution in [2.24, 2.45) is 0 Å². The minimum absolute atomic E-state index is 0.0781. The number of sulfonamides is 1. The monoisotopic (exact) mass is 321 g/mol. The lowest BCUT2D eigenvalue weighted by Crippen LogP contribution is -2.35. The van der Waals surface area contributed by atoms with E-state index in [1.165, 1.54) is 16.4 Å². The maximum Gasteiger partial charge on any atom is 0.332 e. The van der Waals surface area contributed by atoms with Crippen LogP contribution in [0.1, 0.15) is 26.2 Å². The van der Waals surface area contributed by atoms with E-state index in [9.17, 15) is 20.7 Å². The van der Waals surface area contributed by atoms with Crippen LogP contribution < -0.4 is 0 Å². The molecule has 1 aliphatic rings. The van der Waals surface area contributed by atoms with Crippen molar-refractivity contribution in [2.75, 3.05) is 6.54 Å². The first-order valence-corrected chi connectivity index (χ1v) is 9.15. The lowest BCUT2D eigenvalue weighted by atomic mass is 10.2. The van der Waals surface area contributed by atoms with Crippen LogP contribution >= 0.6 is 0 Å². The largest absolute Gasteiger partial charge is 0.332 e. The summed E-state index contributed by atoms with van der Waals surface area (Å²) >= 11 is 0. The molecular weight excluding hydrogens is 305 g/mol. The van der Waals surface area contributed by atoms with Crippen LogP contribution in [0.4, 0.5) is 3.89 Å². The second-order valence-corrected chi connectivity index (χ2v) is 7.97. The van der Waals surface area contributed by atoms with Gasteiger partial charge < -0.3 is 0 Å². The third-order valence-corrected chi connectivity index (χ3v) is 6.25. The summed E-state index contributed by atoms with van der Waals surface area (Å²) < 4.78 is 61.1. The van der Waals surface area contributed by atoms with Gasteiger partial charge in [-0.05, 0) is 37.5 Å². The first-order valence-electron chi connectivity index (χ1n) is 6.33. The molecule has 0 aromatic heterocycles. The van der Waals surface area contributed by atoms with Crippen LogP contribution in [0.25, 0.3) is 0 Å². The molecule has 0 bridgehead atoms. The molecule has 1 saturated heterocycles. The Kier molecular flexibility index (Phi) is 4.17. The van der Waals surface area contributed by atoms with E-state index in [4.69, 9.17) is 0 Å². The van der Waals surface area contributed by atoms with Crippen LogP contribution in [0.15, 0.2) is 34.1 Å². The smallest absolute Gasteiger partial charge is 0.207 e. The lowest BCUT2D eigenvalue weighted by Gasteiger charge is -2.23. The van der Waals surface area contributed by atoms with E-state index in [0.717, 1.165) is 25.0 Å². The Balaban J connectivity index is 2.45. The number of benzene rings is 1. The predicted molar refractivity (Wildman–Crippen MR) is 71.9 cm³/mol. The van der Waals surface area contributed by atoms with E-state index in [1.807, 2.05) is 6.92 Å². The summed E-state index contributed by atoms with van der Waals surface area (Å²) in [5.74, 6) is 0. The fourth-order valence-corrected chi connectivity index (χ4v) is 4.85. The highest BCUT2D eigenvalue weighted by molar-refractivity contribution is 7.89. The van der Waals surface area contributed by atoms with E-state index in [0.29, 0.717) is 13.0 Å². The number of hydrogen-bond donors (Lipinski definition) is 0. The van der Waals surface area contributed by atoms with Crippen LogP contribution in [0.3, 0.4) is 0 Å². The first-order chi connectivity index (χ1) is 9.26. The van der Waals surface area contributed by atoms with Crippen molar-refractivity contribution in [1.29, 1.82) is 0 Å². The van der Waals surface area contributed by atoms with Crippen LogP contribution in [0.5, 0.6) is 0 Å². The fraction of sp³-hybridized carbons (Fsp3) is 0.500. The van der Waals surface area contributed by atoms with Gasteiger partial charge >= 0.3 is 10.2 Å². The van der Waals surface area contributed by atoms with Gasteiger partial charge in [-0.1, -0.05) is 13.0 Å². The van der Waals surface area contributed by atoms with Crippen molar-refractivity contribution in [3.8, 4) is 0 Å². The molecule has 5 nitrogen and oxygen atoms in total. The fourth-order valence-electron chi connectivity index (χ4n) is 2.46. The molecule has 0 saturated carbocycles. The molecule has 8 heteroatoms. The van der Waals surface area contributed by atoms with Gasteiger partial charge in [0.05, 0.1) is 9.79 Å². The maximum atomic E-state index is 13.0. The van der Waals surface area contributed by atoms with E-state index in [1.54, 1.807) is 0 Å². The van der Waals surface area contributed by atoms with Crippen molar-refractivity contribution in [3.63, 3.8) is 0 Å². The van der Waals surface area contributed by atoms with Gasteiger partial charge in [-0.3, -0.25) is 0 Å². The highest BCUT2D eigenvalue weighted by atomic mass is 32.3. The van der Waals surface area contributed by atoms with E-state index < -0.39 is 25.1 Å². The number of hydrogen-bond acceptors (Lipinski definition) is 4. The predicted octanol–water partition coefficient (Wildman–Crippen LogP) is 1.91. The van der Waals surface area contributed by atoms with Gasteiger partial charge in [0, 0.05) is 12.6 Å². The van der Waals surface area contributed by atoms with Gasteiger partial charge in [0.1, 0.15) is 0 Å². The van der Waals surface area contributed by atoms with Crippen molar-refractivity contribution in [1.82, 2.24) is 4.31 Å². The van der Waals surface area contributed by atoms with Crippen molar-refractivity contribution in [2.45, 2.75) is 42.0 Å². The van der Waals surface area contributed by atoms with Crippen molar-refractivity contribution in [3.05, 3.63) is 24.3 Å². The third kappa shape index (κ3) is 2.87. The molecule has 112 valence electrons. The molecule has 1 aliphatic heterocycles. The number of halogens is 1.